The van der Waals surface area contributed by atoms with Crippen LogP contribution in [0.4, 0.5) is 18.9 Å². The van der Waals surface area contributed by atoms with Crippen molar-refractivity contribution >= 4 is 5.69 Å². The lowest BCUT2D eigenvalue weighted by atomic mass is 9.76. The highest BCUT2D eigenvalue weighted by Gasteiger charge is 2.44. The van der Waals surface area contributed by atoms with Gasteiger partial charge in [-0.05, 0) is 49.4 Å². The van der Waals surface area contributed by atoms with Crippen LogP contribution in [-0.4, -0.2) is 41.8 Å². The van der Waals surface area contributed by atoms with E-state index in [0.29, 0.717) is 5.56 Å². The van der Waals surface area contributed by atoms with Crippen molar-refractivity contribution in [3.05, 3.63) is 65.2 Å². The summed E-state index contributed by atoms with van der Waals surface area (Å²) in [5.41, 5.74) is 1.82. The Morgan fingerprint density at radius 3 is 2.47 bits per heavy atom. The Kier molecular flexibility index (Phi) is 5.90. The van der Waals surface area contributed by atoms with Crippen molar-refractivity contribution in [2.45, 2.75) is 56.2 Å². The van der Waals surface area contributed by atoms with Crippen LogP contribution >= 0.6 is 0 Å². The van der Waals surface area contributed by atoms with Crippen LogP contribution in [0.15, 0.2) is 48.5 Å². The third-order valence-corrected chi connectivity index (χ3v) is 7.15. The van der Waals surface area contributed by atoms with Gasteiger partial charge in [0, 0.05) is 36.8 Å². The van der Waals surface area contributed by atoms with Crippen molar-refractivity contribution in [2.24, 2.45) is 5.92 Å². The molecular formula is C25H29F3N2O2. The number of benzene rings is 2. The molecule has 0 spiro atoms. The number of rotatable bonds is 3. The molecule has 0 aliphatic carbocycles. The second kappa shape index (κ2) is 8.69. The Morgan fingerprint density at radius 2 is 1.75 bits per heavy atom. The molecule has 3 heterocycles. The number of alkyl halides is 3. The minimum absolute atomic E-state index is 0.00322. The summed E-state index contributed by atoms with van der Waals surface area (Å²) in [4.78, 5) is 2.31. The number of hydrogen-bond acceptors (Lipinski definition) is 4. The molecule has 0 aromatic heterocycles. The maximum atomic E-state index is 13.5. The highest BCUT2D eigenvalue weighted by Crippen LogP contribution is 2.51. The van der Waals surface area contributed by atoms with Gasteiger partial charge < -0.3 is 20.1 Å². The molecule has 2 aromatic carbocycles. The monoisotopic (exact) mass is 446 g/mol. The Morgan fingerprint density at radius 1 is 1.00 bits per heavy atom. The van der Waals surface area contributed by atoms with Crippen LogP contribution in [0.25, 0.3) is 0 Å². The summed E-state index contributed by atoms with van der Waals surface area (Å²) >= 11 is 0. The number of ether oxygens (including phenoxy) is 1. The van der Waals surface area contributed by atoms with Gasteiger partial charge in [0.1, 0.15) is 0 Å². The smallest absolute Gasteiger partial charge is 0.393 e. The quantitative estimate of drug-likeness (QED) is 0.683. The Balaban J connectivity index is 1.43. The molecule has 2 aromatic rings. The molecule has 4 atom stereocenters. The van der Waals surface area contributed by atoms with Gasteiger partial charge >= 0.3 is 6.18 Å². The van der Waals surface area contributed by atoms with Crippen LogP contribution in [0.2, 0.25) is 0 Å². The van der Waals surface area contributed by atoms with Gasteiger partial charge in [0.05, 0.1) is 29.9 Å². The van der Waals surface area contributed by atoms with Crippen LogP contribution in [0.1, 0.15) is 54.5 Å². The average molecular weight is 447 g/mol. The summed E-state index contributed by atoms with van der Waals surface area (Å²) in [5.74, 6) is 0.0628. The first-order valence-corrected chi connectivity index (χ1v) is 11.5. The van der Waals surface area contributed by atoms with E-state index >= 15 is 0 Å². The fourth-order valence-corrected chi connectivity index (χ4v) is 5.45. The van der Waals surface area contributed by atoms with Crippen molar-refractivity contribution in [3.8, 4) is 0 Å². The molecule has 0 amide bonds. The maximum Gasteiger partial charge on any atom is 0.416 e. The maximum absolute atomic E-state index is 13.5. The molecule has 0 unspecified atom stereocenters. The van der Waals surface area contributed by atoms with Crippen molar-refractivity contribution < 1.29 is 23.0 Å². The van der Waals surface area contributed by atoms with Crippen LogP contribution in [0.3, 0.4) is 0 Å². The summed E-state index contributed by atoms with van der Waals surface area (Å²) in [6.07, 6.45) is -1.74. The SMILES string of the molecule is OC1CCN(C[C@H]2CC[C@@H]3[C@H](O2)c2cc(C(F)(F)F)ccc2N[C@H]3c2ccccc2)CC1. The third-order valence-electron chi connectivity index (χ3n) is 7.15. The minimum atomic E-state index is -4.39. The number of aliphatic hydroxyl groups is 1. The second-order valence-corrected chi connectivity index (χ2v) is 9.28. The molecular weight excluding hydrogens is 417 g/mol. The molecule has 4 nitrogen and oxygen atoms in total. The van der Waals surface area contributed by atoms with E-state index in [9.17, 15) is 18.3 Å². The summed E-state index contributed by atoms with van der Waals surface area (Å²) in [7, 11) is 0. The first kappa shape index (κ1) is 21.7. The predicted molar refractivity (Wildman–Crippen MR) is 116 cm³/mol. The zero-order valence-electron chi connectivity index (χ0n) is 17.9. The molecule has 2 fully saturated rings. The average Bonchev–Trinajstić information content (AvgIpc) is 2.79. The molecule has 2 N–H and O–H groups in total. The third kappa shape index (κ3) is 4.38. The van der Waals surface area contributed by atoms with Crippen molar-refractivity contribution in [1.82, 2.24) is 4.90 Å². The van der Waals surface area contributed by atoms with Crippen molar-refractivity contribution in [1.29, 1.82) is 0 Å². The van der Waals surface area contributed by atoms with Gasteiger partial charge in [-0.1, -0.05) is 30.3 Å². The van der Waals surface area contributed by atoms with E-state index in [-0.39, 0.29) is 30.3 Å². The minimum Gasteiger partial charge on any atom is -0.393 e. The number of nitrogens with zero attached hydrogens (tertiary/aromatic N) is 1. The molecule has 32 heavy (non-hydrogen) atoms. The van der Waals surface area contributed by atoms with Gasteiger partial charge in [-0.25, -0.2) is 0 Å². The van der Waals surface area contributed by atoms with Crippen molar-refractivity contribution in [3.63, 3.8) is 0 Å². The van der Waals surface area contributed by atoms with Crippen molar-refractivity contribution in [2.75, 3.05) is 25.0 Å². The van der Waals surface area contributed by atoms with Gasteiger partial charge in [0.15, 0.2) is 0 Å². The lowest BCUT2D eigenvalue weighted by Gasteiger charge is -2.46. The molecule has 5 rings (SSSR count). The molecule has 2 saturated heterocycles. The fourth-order valence-electron chi connectivity index (χ4n) is 5.45. The summed E-state index contributed by atoms with van der Waals surface area (Å²) in [5, 5.41) is 13.3. The standard InChI is InChI=1S/C25H29F3N2O2/c26-25(27,28)17-6-9-22-21(14-17)24-20(23(29-22)16-4-2-1-3-5-16)8-7-19(32-24)15-30-12-10-18(31)11-13-30/h1-6,9,14,18-20,23-24,29,31H,7-8,10-13,15H2/t19-,20+,23+,24+/m1/s1. The van der Waals surface area contributed by atoms with E-state index in [0.717, 1.165) is 62.6 Å². The van der Waals surface area contributed by atoms with E-state index in [4.69, 9.17) is 4.74 Å². The van der Waals surface area contributed by atoms with Gasteiger partial charge in [-0.2, -0.15) is 13.2 Å². The van der Waals surface area contributed by atoms with Gasteiger partial charge in [0.2, 0.25) is 0 Å². The normalized spacial score (nSPS) is 29.1. The summed E-state index contributed by atoms with van der Waals surface area (Å²) < 4.78 is 46.9. The van der Waals surface area contributed by atoms with E-state index in [1.807, 2.05) is 18.2 Å². The number of fused-ring (bicyclic) bond motifs is 3. The first-order valence-electron chi connectivity index (χ1n) is 11.5. The van der Waals surface area contributed by atoms with Gasteiger partial charge in [-0.3, -0.25) is 0 Å². The molecule has 3 aliphatic rings. The van der Waals surface area contributed by atoms with Crippen LogP contribution in [0.5, 0.6) is 0 Å². The topological polar surface area (TPSA) is 44.7 Å². The Hall–Kier alpha value is -2.09. The predicted octanol–water partition coefficient (Wildman–Crippen LogP) is 5.17. The van der Waals surface area contributed by atoms with E-state index < -0.39 is 11.7 Å². The number of likely N-dealkylation sites (tertiary alicyclic amines) is 1. The lowest BCUT2D eigenvalue weighted by Crippen LogP contribution is -2.45. The Bertz CT molecular complexity index is 929. The molecule has 3 aliphatic heterocycles. The highest BCUT2D eigenvalue weighted by molar-refractivity contribution is 5.58. The van der Waals surface area contributed by atoms with E-state index in [2.05, 4.69) is 22.3 Å². The number of nitrogens with one attached hydrogen (secondary N) is 1. The first-order chi connectivity index (χ1) is 15.4. The number of hydrogen-bond donors (Lipinski definition) is 2. The van der Waals surface area contributed by atoms with E-state index in [1.165, 1.54) is 6.07 Å². The summed E-state index contributed by atoms with van der Waals surface area (Å²) in [6, 6.07) is 14.0. The summed E-state index contributed by atoms with van der Waals surface area (Å²) in [6.45, 7) is 2.42. The molecule has 0 radical (unpaired) electrons. The number of halogens is 3. The zero-order valence-corrected chi connectivity index (χ0v) is 17.9. The number of anilines is 1. The fraction of sp³-hybridized carbons (Fsp3) is 0.520. The highest BCUT2D eigenvalue weighted by atomic mass is 19.4. The zero-order chi connectivity index (χ0) is 22.3. The van der Waals surface area contributed by atoms with Crippen LogP contribution in [0, 0.1) is 5.92 Å². The molecule has 172 valence electrons. The van der Waals surface area contributed by atoms with Crippen LogP contribution < -0.4 is 5.32 Å². The van der Waals surface area contributed by atoms with E-state index in [1.54, 1.807) is 6.07 Å². The second-order valence-electron chi connectivity index (χ2n) is 9.28. The lowest BCUT2D eigenvalue weighted by molar-refractivity contribution is -0.138. The number of piperidine rings is 1. The largest absolute Gasteiger partial charge is 0.416 e. The molecule has 7 heteroatoms. The number of aliphatic hydroxyl groups excluding tert-OH is 1. The Labute approximate surface area is 186 Å². The van der Waals surface area contributed by atoms with Gasteiger partial charge in [-0.15, -0.1) is 0 Å². The molecule has 0 bridgehead atoms. The van der Waals surface area contributed by atoms with Gasteiger partial charge in [0.25, 0.3) is 0 Å². The molecule has 0 saturated carbocycles. The van der Waals surface area contributed by atoms with Crippen LogP contribution in [-0.2, 0) is 10.9 Å².